The van der Waals surface area contributed by atoms with Gasteiger partial charge in [-0.05, 0) is 47.4 Å². The molecule has 2 aliphatic rings. The normalized spacial score (nSPS) is 23.5. The number of carbonyl (C=O) groups is 2. The van der Waals surface area contributed by atoms with E-state index >= 15 is 0 Å². The number of amides is 2. The van der Waals surface area contributed by atoms with Crippen LogP contribution in [0.3, 0.4) is 0 Å². The smallest absolute Gasteiger partial charge is 0.254 e. The van der Waals surface area contributed by atoms with Gasteiger partial charge < -0.3 is 0 Å². The Morgan fingerprint density at radius 2 is 1.73 bits per heavy atom. The molecule has 22 heavy (non-hydrogen) atoms. The molecule has 1 aliphatic heterocycles. The standard InChI is InChI=1S/C19H23NO2/c1-4-12-9-13(5-2)18-15(10-12)11-14(6-3)19(18)20-16(21)7-8-17(20)22/h7-10,14,19H,4-6,11H2,1-3H3/t14-,19-/m0/s1. The Kier molecular flexibility index (Phi) is 3.90. The molecule has 0 spiro atoms. The summed E-state index contributed by atoms with van der Waals surface area (Å²) in [6, 6.07) is 4.44. The molecule has 0 saturated carbocycles. The first-order valence-electron chi connectivity index (χ1n) is 8.30. The molecule has 2 atom stereocenters. The van der Waals surface area contributed by atoms with E-state index in [4.69, 9.17) is 0 Å². The molecule has 3 rings (SSSR count). The van der Waals surface area contributed by atoms with Gasteiger partial charge in [0, 0.05) is 12.2 Å². The fourth-order valence-electron chi connectivity index (χ4n) is 3.92. The van der Waals surface area contributed by atoms with Crippen LogP contribution in [0.25, 0.3) is 0 Å². The first kappa shape index (κ1) is 15.0. The zero-order valence-corrected chi connectivity index (χ0v) is 13.6. The molecular formula is C19H23NO2. The van der Waals surface area contributed by atoms with Crippen molar-refractivity contribution in [3.8, 4) is 0 Å². The lowest BCUT2D eigenvalue weighted by Crippen LogP contribution is -2.36. The molecule has 1 aromatic carbocycles. The number of aryl methyl sites for hydroxylation is 2. The van der Waals surface area contributed by atoms with Crippen molar-refractivity contribution in [1.29, 1.82) is 0 Å². The maximum Gasteiger partial charge on any atom is 0.254 e. The van der Waals surface area contributed by atoms with Crippen molar-refractivity contribution in [2.45, 2.75) is 52.5 Å². The van der Waals surface area contributed by atoms with Gasteiger partial charge in [0.2, 0.25) is 0 Å². The highest BCUT2D eigenvalue weighted by molar-refractivity contribution is 6.13. The number of benzene rings is 1. The van der Waals surface area contributed by atoms with Crippen LogP contribution in [0.4, 0.5) is 0 Å². The number of nitrogens with zero attached hydrogens (tertiary/aromatic N) is 1. The zero-order valence-electron chi connectivity index (χ0n) is 13.6. The minimum atomic E-state index is -0.164. The van der Waals surface area contributed by atoms with Crippen molar-refractivity contribution in [2.75, 3.05) is 0 Å². The van der Waals surface area contributed by atoms with E-state index in [9.17, 15) is 9.59 Å². The Hall–Kier alpha value is -1.90. The van der Waals surface area contributed by atoms with Crippen LogP contribution in [0.2, 0.25) is 0 Å². The van der Waals surface area contributed by atoms with Crippen LogP contribution in [0.15, 0.2) is 24.3 Å². The van der Waals surface area contributed by atoms with Crippen LogP contribution in [0, 0.1) is 5.92 Å². The number of imide groups is 1. The highest BCUT2D eigenvalue weighted by atomic mass is 16.2. The van der Waals surface area contributed by atoms with E-state index in [2.05, 4.69) is 32.9 Å². The van der Waals surface area contributed by atoms with Crippen molar-refractivity contribution >= 4 is 11.8 Å². The molecule has 1 aliphatic carbocycles. The maximum atomic E-state index is 12.2. The van der Waals surface area contributed by atoms with Gasteiger partial charge in [0.25, 0.3) is 11.8 Å². The number of carbonyl (C=O) groups excluding carboxylic acids is 2. The van der Waals surface area contributed by atoms with E-state index in [1.54, 1.807) is 0 Å². The van der Waals surface area contributed by atoms with Gasteiger partial charge in [0.15, 0.2) is 0 Å². The van der Waals surface area contributed by atoms with Crippen LogP contribution >= 0.6 is 0 Å². The lowest BCUT2D eigenvalue weighted by Gasteiger charge is -2.29. The molecule has 0 aromatic heterocycles. The lowest BCUT2D eigenvalue weighted by molar-refractivity contribution is -0.140. The van der Waals surface area contributed by atoms with Crippen LogP contribution in [0.1, 0.15) is 55.5 Å². The average Bonchev–Trinajstić information content (AvgIpc) is 3.05. The highest BCUT2D eigenvalue weighted by Gasteiger charge is 2.42. The predicted molar refractivity (Wildman–Crippen MR) is 86.4 cm³/mol. The van der Waals surface area contributed by atoms with Crippen molar-refractivity contribution in [2.24, 2.45) is 5.92 Å². The molecule has 1 aromatic rings. The van der Waals surface area contributed by atoms with Gasteiger partial charge in [-0.15, -0.1) is 0 Å². The predicted octanol–water partition coefficient (Wildman–Crippen LogP) is 3.36. The van der Waals surface area contributed by atoms with Gasteiger partial charge >= 0.3 is 0 Å². The summed E-state index contributed by atoms with van der Waals surface area (Å²) in [5.41, 5.74) is 5.21. The Bertz CT molecular complexity index is 642. The Morgan fingerprint density at radius 1 is 1.05 bits per heavy atom. The number of fused-ring (bicyclic) bond motifs is 1. The van der Waals surface area contributed by atoms with Crippen LogP contribution < -0.4 is 0 Å². The van der Waals surface area contributed by atoms with Crippen LogP contribution in [-0.2, 0) is 28.9 Å². The molecule has 0 unspecified atom stereocenters. The molecule has 116 valence electrons. The zero-order chi connectivity index (χ0) is 15.9. The Balaban J connectivity index is 2.12. The summed E-state index contributed by atoms with van der Waals surface area (Å²) in [6.07, 6.45) is 6.70. The summed E-state index contributed by atoms with van der Waals surface area (Å²) >= 11 is 0. The lowest BCUT2D eigenvalue weighted by atomic mass is 9.92. The quantitative estimate of drug-likeness (QED) is 0.799. The first-order chi connectivity index (χ1) is 10.6. The third kappa shape index (κ3) is 2.20. The minimum Gasteiger partial charge on any atom is -0.269 e. The van der Waals surface area contributed by atoms with E-state index in [1.807, 2.05) is 0 Å². The number of rotatable bonds is 4. The summed E-state index contributed by atoms with van der Waals surface area (Å²) in [5.74, 6) is 0.00560. The monoisotopic (exact) mass is 297 g/mol. The van der Waals surface area contributed by atoms with Crippen molar-refractivity contribution in [1.82, 2.24) is 4.90 Å². The molecule has 1 heterocycles. The molecule has 0 N–H and O–H groups in total. The second-order valence-corrected chi connectivity index (χ2v) is 6.23. The molecule has 0 bridgehead atoms. The molecular weight excluding hydrogens is 274 g/mol. The van der Waals surface area contributed by atoms with Gasteiger partial charge in [0.1, 0.15) is 0 Å². The Morgan fingerprint density at radius 3 is 2.27 bits per heavy atom. The number of hydrogen-bond donors (Lipinski definition) is 0. The van der Waals surface area contributed by atoms with E-state index < -0.39 is 0 Å². The van der Waals surface area contributed by atoms with Gasteiger partial charge in [-0.1, -0.05) is 39.3 Å². The second-order valence-electron chi connectivity index (χ2n) is 6.23. The largest absolute Gasteiger partial charge is 0.269 e. The van der Waals surface area contributed by atoms with Gasteiger partial charge in [-0.2, -0.15) is 0 Å². The fraction of sp³-hybridized carbons (Fsp3) is 0.474. The molecule has 3 heteroatoms. The first-order valence-corrected chi connectivity index (χ1v) is 8.30. The summed E-state index contributed by atoms with van der Waals surface area (Å²) in [6.45, 7) is 6.47. The Labute approximate surface area is 132 Å². The summed E-state index contributed by atoms with van der Waals surface area (Å²) in [7, 11) is 0. The SMILES string of the molecule is CCc1cc(CC)c2c(c1)C[C@H](CC)[C@@H]2N1C(=O)C=CC1=O. The number of hydrogen-bond acceptors (Lipinski definition) is 2. The minimum absolute atomic E-state index is 0.0872. The fourth-order valence-corrected chi connectivity index (χ4v) is 3.92. The van der Waals surface area contributed by atoms with E-state index in [1.165, 1.54) is 39.3 Å². The maximum absolute atomic E-state index is 12.2. The van der Waals surface area contributed by atoms with Gasteiger partial charge in [-0.3, -0.25) is 14.5 Å². The second kappa shape index (κ2) is 5.71. The van der Waals surface area contributed by atoms with E-state index in [0.717, 1.165) is 25.7 Å². The molecule has 0 radical (unpaired) electrons. The van der Waals surface area contributed by atoms with Crippen molar-refractivity contribution in [3.05, 3.63) is 46.5 Å². The molecule has 3 nitrogen and oxygen atoms in total. The molecule has 0 fully saturated rings. The average molecular weight is 297 g/mol. The van der Waals surface area contributed by atoms with Crippen molar-refractivity contribution < 1.29 is 9.59 Å². The molecule has 2 amide bonds. The summed E-state index contributed by atoms with van der Waals surface area (Å²) in [4.78, 5) is 25.8. The van der Waals surface area contributed by atoms with E-state index in [0.29, 0.717) is 5.92 Å². The van der Waals surface area contributed by atoms with Gasteiger partial charge in [-0.25, -0.2) is 0 Å². The summed E-state index contributed by atoms with van der Waals surface area (Å²) < 4.78 is 0. The van der Waals surface area contributed by atoms with Crippen LogP contribution in [-0.4, -0.2) is 16.7 Å². The third-order valence-electron chi connectivity index (χ3n) is 5.07. The highest BCUT2D eigenvalue weighted by Crippen LogP contribution is 2.45. The third-order valence-corrected chi connectivity index (χ3v) is 5.07. The van der Waals surface area contributed by atoms with Gasteiger partial charge in [0.05, 0.1) is 6.04 Å². The topological polar surface area (TPSA) is 37.4 Å². The van der Waals surface area contributed by atoms with Crippen LogP contribution in [0.5, 0.6) is 0 Å². The summed E-state index contributed by atoms with van der Waals surface area (Å²) in [5, 5.41) is 0. The van der Waals surface area contributed by atoms with E-state index in [-0.39, 0.29) is 17.9 Å². The molecule has 0 saturated heterocycles. The van der Waals surface area contributed by atoms with Crippen molar-refractivity contribution in [3.63, 3.8) is 0 Å².